The number of carbonyl (C=O) groups is 2. The fourth-order valence-corrected chi connectivity index (χ4v) is 4.47. The summed E-state index contributed by atoms with van der Waals surface area (Å²) in [5, 5.41) is 14.6. The maximum absolute atomic E-state index is 13.2. The van der Waals surface area contributed by atoms with E-state index < -0.39 is 11.8 Å². The van der Waals surface area contributed by atoms with Crippen molar-refractivity contribution in [2.75, 3.05) is 10.6 Å². The third-order valence-corrected chi connectivity index (χ3v) is 6.48. The molecule has 2 amide bonds. The number of aryl methyl sites for hydroxylation is 2. The number of aromatic nitrogens is 2. The van der Waals surface area contributed by atoms with Gasteiger partial charge in [0, 0.05) is 22.5 Å². The summed E-state index contributed by atoms with van der Waals surface area (Å²) in [5.74, 6) is -0.176. The lowest BCUT2D eigenvalue weighted by atomic mass is 10.1. The zero-order valence-corrected chi connectivity index (χ0v) is 21.7. The van der Waals surface area contributed by atoms with Crippen molar-refractivity contribution in [1.29, 1.82) is 0 Å². The second-order valence-corrected chi connectivity index (χ2v) is 9.19. The van der Waals surface area contributed by atoms with E-state index in [0.717, 1.165) is 0 Å². The summed E-state index contributed by atoms with van der Waals surface area (Å²) in [7, 11) is 0. The molecule has 0 aliphatic rings. The first-order chi connectivity index (χ1) is 18.3. The van der Waals surface area contributed by atoms with Gasteiger partial charge in [-0.05, 0) is 44.2 Å². The van der Waals surface area contributed by atoms with Crippen LogP contribution >= 0.6 is 23.2 Å². The van der Waals surface area contributed by atoms with Crippen molar-refractivity contribution in [3.05, 3.63) is 105 Å². The van der Waals surface area contributed by atoms with E-state index in [1.165, 1.54) is 0 Å². The van der Waals surface area contributed by atoms with Crippen LogP contribution in [0.2, 0.25) is 10.0 Å². The van der Waals surface area contributed by atoms with Crippen molar-refractivity contribution < 1.29 is 18.6 Å². The number of amides is 2. The van der Waals surface area contributed by atoms with Crippen LogP contribution in [0.15, 0.2) is 81.8 Å². The summed E-state index contributed by atoms with van der Waals surface area (Å²) in [5.41, 5.74) is 3.26. The van der Waals surface area contributed by atoms with Gasteiger partial charge in [0.1, 0.15) is 34.0 Å². The van der Waals surface area contributed by atoms with Gasteiger partial charge in [-0.25, -0.2) is 0 Å². The minimum absolute atomic E-state index is 0.261. The minimum atomic E-state index is -0.432. The Morgan fingerprint density at radius 2 is 1.08 bits per heavy atom. The largest absolute Gasteiger partial charge is 0.360 e. The predicted molar refractivity (Wildman–Crippen MR) is 146 cm³/mol. The van der Waals surface area contributed by atoms with Crippen molar-refractivity contribution in [2.24, 2.45) is 0 Å². The summed E-state index contributed by atoms with van der Waals surface area (Å²) < 4.78 is 10.6. The van der Waals surface area contributed by atoms with Gasteiger partial charge in [-0.3, -0.25) is 9.59 Å². The number of anilines is 2. The van der Waals surface area contributed by atoms with Crippen LogP contribution in [0.25, 0.3) is 22.5 Å². The Labute approximate surface area is 227 Å². The second kappa shape index (κ2) is 10.5. The van der Waals surface area contributed by atoms with E-state index in [4.69, 9.17) is 32.2 Å². The summed E-state index contributed by atoms with van der Waals surface area (Å²) in [6.45, 7) is 3.30. The average Bonchev–Trinajstić information content (AvgIpc) is 3.47. The van der Waals surface area contributed by atoms with Crippen molar-refractivity contribution in [1.82, 2.24) is 10.3 Å². The van der Waals surface area contributed by atoms with E-state index in [0.29, 0.717) is 55.5 Å². The van der Waals surface area contributed by atoms with Crippen molar-refractivity contribution >= 4 is 46.4 Å². The van der Waals surface area contributed by atoms with E-state index in [2.05, 4.69) is 20.9 Å². The zero-order chi connectivity index (χ0) is 26.8. The molecule has 3 aromatic carbocycles. The maximum atomic E-state index is 13.2. The van der Waals surface area contributed by atoms with Gasteiger partial charge in [0.25, 0.3) is 11.8 Å². The number of nitrogens with zero attached hydrogens (tertiary/aromatic N) is 2. The highest BCUT2D eigenvalue weighted by Gasteiger charge is 2.25. The van der Waals surface area contributed by atoms with Crippen LogP contribution in [-0.4, -0.2) is 22.1 Å². The maximum Gasteiger partial charge on any atom is 0.261 e. The van der Waals surface area contributed by atoms with Crippen molar-refractivity contribution in [3.8, 4) is 22.5 Å². The van der Waals surface area contributed by atoms with Crippen LogP contribution in [-0.2, 0) is 0 Å². The Morgan fingerprint density at radius 3 is 1.50 bits per heavy atom. The molecule has 0 aliphatic carbocycles. The van der Waals surface area contributed by atoms with E-state index in [-0.39, 0.29) is 11.1 Å². The lowest BCUT2D eigenvalue weighted by molar-refractivity contribution is 0.101. The minimum Gasteiger partial charge on any atom is -0.360 e. The molecule has 5 rings (SSSR count). The Hall–Kier alpha value is -4.40. The fourth-order valence-electron chi connectivity index (χ4n) is 4.02. The highest BCUT2D eigenvalue weighted by atomic mass is 35.5. The molecule has 0 bridgehead atoms. The van der Waals surface area contributed by atoms with Crippen LogP contribution in [0.5, 0.6) is 0 Å². The number of halogens is 2. The molecule has 0 saturated carbocycles. The molecular formula is C28H20Cl2N4O4. The van der Waals surface area contributed by atoms with Gasteiger partial charge in [0.2, 0.25) is 0 Å². The summed E-state index contributed by atoms with van der Waals surface area (Å²) in [6.07, 6.45) is 0. The fraction of sp³-hybridized carbons (Fsp3) is 0.0714. The Kier molecular flexibility index (Phi) is 7.00. The summed E-state index contributed by atoms with van der Waals surface area (Å²) >= 11 is 12.6. The van der Waals surface area contributed by atoms with Crippen molar-refractivity contribution in [2.45, 2.75) is 13.8 Å². The standard InChI is InChI=1S/C28H20Cl2N4O4/c1-15-23(25(33-37-15)19-10-3-5-12-21(19)29)27(35)31-17-8-7-9-18(14-17)32-28(36)24-16(2)38-34-26(24)20-11-4-6-13-22(20)30/h3-14H,1-2H3,(H,31,35)(H,32,36). The van der Waals surface area contributed by atoms with Crippen LogP contribution in [0, 0.1) is 13.8 Å². The molecule has 38 heavy (non-hydrogen) atoms. The smallest absolute Gasteiger partial charge is 0.261 e. The van der Waals surface area contributed by atoms with Crippen LogP contribution in [0.3, 0.4) is 0 Å². The quantitative estimate of drug-likeness (QED) is 0.229. The number of rotatable bonds is 6. The molecule has 8 nitrogen and oxygen atoms in total. The first-order valence-corrected chi connectivity index (χ1v) is 12.2. The molecule has 0 unspecified atom stereocenters. The highest BCUT2D eigenvalue weighted by molar-refractivity contribution is 6.34. The molecule has 190 valence electrons. The summed E-state index contributed by atoms with van der Waals surface area (Å²) in [4.78, 5) is 26.5. The third kappa shape index (κ3) is 4.91. The van der Waals surface area contributed by atoms with E-state index in [9.17, 15) is 9.59 Å². The monoisotopic (exact) mass is 546 g/mol. The molecule has 5 aromatic rings. The molecule has 2 aromatic heterocycles. The molecule has 10 heteroatoms. The number of benzene rings is 3. The molecular weight excluding hydrogens is 527 g/mol. The topological polar surface area (TPSA) is 110 Å². The molecule has 0 fully saturated rings. The molecule has 0 radical (unpaired) electrons. The highest BCUT2D eigenvalue weighted by Crippen LogP contribution is 2.33. The predicted octanol–water partition coefficient (Wildman–Crippen LogP) is 7.42. The van der Waals surface area contributed by atoms with Gasteiger partial charge in [-0.1, -0.05) is 76.0 Å². The summed E-state index contributed by atoms with van der Waals surface area (Å²) in [6, 6.07) is 20.9. The Balaban J connectivity index is 1.38. The van der Waals surface area contributed by atoms with Gasteiger partial charge in [-0.15, -0.1) is 0 Å². The SMILES string of the molecule is Cc1onc(-c2ccccc2Cl)c1C(=O)Nc1cccc(NC(=O)c2c(-c3ccccc3Cl)noc2C)c1. The molecule has 0 aliphatic heterocycles. The molecule has 2 N–H and O–H groups in total. The second-order valence-electron chi connectivity index (χ2n) is 8.37. The Bertz CT molecular complexity index is 1560. The molecule has 2 heterocycles. The van der Waals surface area contributed by atoms with Crippen LogP contribution < -0.4 is 10.6 Å². The first kappa shape index (κ1) is 25.3. The van der Waals surface area contributed by atoms with E-state index in [1.54, 1.807) is 86.6 Å². The number of hydrogen-bond acceptors (Lipinski definition) is 6. The molecule has 0 spiro atoms. The number of hydrogen-bond donors (Lipinski definition) is 2. The normalized spacial score (nSPS) is 10.8. The zero-order valence-electron chi connectivity index (χ0n) is 20.2. The van der Waals surface area contributed by atoms with Crippen LogP contribution in [0.4, 0.5) is 11.4 Å². The number of nitrogens with one attached hydrogen (secondary N) is 2. The third-order valence-electron chi connectivity index (χ3n) is 5.82. The van der Waals surface area contributed by atoms with Crippen molar-refractivity contribution in [3.63, 3.8) is 0 Å². The lowest BCUT2D eigenvalue weighted by Crippen LogP contribution is -2.15. The van der Waals surface area contributed by atoms with Gasteiger partial charge in [0.15, 0.2) is 0 Å². The molecule has 0 atom stereocenters. The van der Waals surface area contributed by atoms with Gasteiger partial charge in [0.05, 0.1) is 10.0 Å². The van der Waals surface area contributed by atoms with E-state index >= 15 is 0 Å². The van der Waals surface area contributed by atoms with Gasteiger partial charge < -0.3 is 19.7 Å². The Morgan fingerprint density at radius 1 is 0.658 bits per heavy atom. The van der Waals surface area contributed by atoms with Crippen LogP contribution in [0.1, 0.15) is 32.2 Å². The lowest BCUT2D eigenvalue weighted by Gasteiger charge is -2.10. The average molecular weight is 547 g/mol. The first-order valence-electron chi connectivity index (χ1n) is 11.5. The van der Waals surface area contributed by atoms with E-state index in [1.807, 2.05) is 0 Å². The van der Waals surface area contributed by atoms with Gasteiger partial charge in [-0.2, -0.15) is 0 Å². The number of carbonyl (C=O) groups excluding carboxylic acids is 2. The molecule has 0 saturated heterocycles. The van der Waals surface area contributed by atoms with Gasteiger partial charge >= 0.3 is 0 Å².